The second-order valence-electron chi connectivity index (χ2n) is 25.7. The van der Waals surface area contributed by atoms with Gasteiger partial charge in [0.25, 0.3) is 0 Å². The SMILES string of the molecule is CC/C=C\C/C=C\C/C=C\C/C=C\C/C=C\C/C=C\CCCCC(=O)OC(/C=C\CCCCCCCCCCCCC)C(COP(=O)(O)OCC[N+](C)(C)C)NC(=O)CCCCCCCCCCCCCCCCCCC/C=C/CCCCCCCC. The molecule has 0 bridgehead atoms. The Bertz CT molecular complexity index is 1810. The van der Waals surface area contributed by atoms with Crippen molar-refractivity contribution in [1.82, 2.24) is 5.32 Å². The van der Waals surface area contributed by atoms with Gasteiger partial charge in [-0.15, -0.1) is 0 Å². The van der Waals surface area contributed by atoms with E-state index in [9.17, 15) is 19.0 Å². The number of nitrogens with zero attached hydrogens (tertiary/aromatic N) is 1. The summed E-state index contributed by atoms with van der Waals surface area (Å²) in [5.74, 6) is -0.549. The van der Waals surface area contributed by atoms with Crippen molar-refractivity contribution in [1.29, 1.82) is 0 Å². The van der Waals surface area contributed by atoms with Crippen LogP contribution >= 0.6 is 7.82 Å². The Morgan fingerprint density at radius 3 is 1.13 bits per heavy atom. The molecule has 0 radical (unpaired) electrons. The van der Waals surface area contributed by atoms with Gasteiger partial charge in [-0.05, 0) is 109 Å². The molecule has 0 aliphatic heterocycles. The zero-order valence-electron chi connectivity index (χ0n) is 57.7. The Labute approximate surface area is 538 Å². The number of phosphoric ester groups is 1. The summed E-state index contributed by atoms with van der Waals surface area (Å²) in [5, 5.41) is 3.06. The van der Waals surface area contributed by atoms with Crippen LogP contribution in [0.1, 0.15) is 329 Å². The van der Waals surface area contributed by atoms with Crippen molar-refractivity contribution in [2.24, 2.45) is 0 Å². The van der Waals surface area contributed by atoms with Crippen LogP contribution in [0.5, 0.6) is 0 Å². The van der Waals surface area contributed by atoms with Crippen LogP contribution in [0.3, 0.4) is 0 Å². The van der Waals surface area contributed by atoms with Crippen molar-refractivity contribution in [3.05, 3.63) is 97.2 Å². The molecule has 3 unspecified atom stereocenters. The van der Waals surface area contributed by atoms with E-state index in [-0.39, 0.29) is 31.5 Å². The van der Waals surface area contributed by atoms with Gasteiger partial charge in [0.15, 0.2) is 0 Å². The molecule has 0 heterocycles. The van der Waals surface area contributed by atoms with E-state index in [0.29, 0.717) is 23.9 Å². The van der Waals surface area contributed by atoms with Crippen molar-refractivity contribution in [3.8, 4) is 0 Å². The number of ether oxygens (including phenoxy) is 1. The fraction of sp³-hybridized carbons (Fsp3) is 0.766. The molecule has 0 aromatic heterocycles. The van der Waals surface area contributed by atoms with Crippen molar-refractivity contribution in [2.75, 3.05) is 40.9 Å². The van der Waals surface area contributed by atoms with Crippen LogP contribution < -0.4 is 5.32 Å². The van der Waals surface area contributed by atoms with E-state index in [1.807, 2.05) is 33.3 Å². The molecule has 1 amide bonds. The second-order valence-corrected chi connectivity index (χ2v) is 27.2. The topological polar surface area (TPSA) is 111 Å². The first-order valence-corrected chi connectivity index (χ1v) is 38.1. The van der Waals surface area contributed by atoms with Crippen LogP contribution in [0.4, 0.5) is 0 Å². The first kappa shape index (κ1) is 83.9. The van der Waals surface area contributed by atoms with E-state index >= 15 is 0 Å². The van der Waals surface area contributed by atoms with Gasteiger partial charge in [0, 0.05) is 12.8 Å². The van der Waals surface area contributed by atoms with Crippen molar-refractivity contribution < 1.29 is 37.3 Å². The van der Waals surface area contributed by atoms with E-state index < -0.39 is 20.0 Å². The molecule has 87 heavy (non-hydrogen) atoms. The molecule has 0 saturated carbocycles. The third-order valence-corrected chi connectivity index (χ3v) is 17.0. The highest BCUT2D eigenvalue weighted by Gasteiger charge is 2.30. The lowest BCUT2D eigenvalue weighted by atomic mass is 10.0. The highest BCUT2D eigenvalue weighted by molar-refractivity contribution is 7.47. The summed E-state index contributed by atoms with van der Waals surface area (Å²) >= 11 is 0. The number of hydrogen-bond acceptors (Lipinski definition) is 6. The Morgan fingerprint density at radius 1 is 0.414 bits per heavy atom. The molecular weight excluding hydrogens is 1100 g/mol. The molecule has 0 fully saturated rings. The molecule has 0 aliphatic rings. The van der Waals surface area contributed by atoms with Gasteiger partial charge in [-0.3, -0.25) is 18.6 Å². The zero-order chi connectivity index (χ0) is 63.5. The van der Waals surface area contributed by atoms with E-state index in [0.717, 1.165) is 89.9 Å². The van der Waals surface area contributed by atoms with Crippen molar-refractivity contribution >= 4 is 19.7 Å². The van der Waals surface area contributed by atoms with E-state index in [1.165, 1.54) is 199 Å². The van der Waals surface area contributed by atoms with Gasteiger partial charge >= 0.3 is 13.8 Å². The summed E-state index contributed by atoms with van der Waals surface area (Å²) in [7, 11) is 1.47. The number of unbranched alkanes of at least 4 members (excludes halogenated alkanes) is 36. The summed E-state index contributed by atoms with van der Waals surface area (Å²) in [6, 6.07) is -0.872. The fourth-order valence-electron chi connectivity index (χ4n) is 10.4. The second kappa shape index (κ2) is 65.9. The Hall–Kier alpha value is -3.07. The number of carbonyl (C=O) groups excluding carboxylic acids is 2. The van der Waals surface area contributed by atoms with Crippen LogP contribution in [-0.4, -0.2) is 74.3 Å². The number of rotatable bonds is 66. The Kier molecular flexibility index (Phi) is 63.5. The van der Waals surface area contributed by atoms with Crippen molar-refractivity contribution in [3.63, 3.8) is 0 Å². The molecule has 9 nitrogen and oxygen atoms in total. The van der Waals surface area contributed by atoms with E-state index in [4.69, 9.17) is 13.8 Å². The van der Waals surface area contributed by atoms with Crippen molar-refractivity contribution in [2.45, 2.75) is 341 Å². The lowest BCUT2D eigenvalue weighted by Gasteiger charge is -2.27. The molecule has 10 heteroatoms. The molecule has 0 aliphatic carbocycles. The van der Waals surface area contributed by atoms with Crippen LogP contribution in [0.15, 0.2) is 97.2 Å². The lowest BCUT2D eigenvalue weighted by Crippen LogP contribution is -2.47. The number of likely N-dealkylation sites (N-methyl/N-ethyl adjacent to an activating group) is 1. The predicted octanol–water partition coefficient (Wildman–Crippen LogP) is 23.5. The molecule has 0 spiro atoms. The largest absolute Gasteiger partial charge is 0.472 e. The minimum Gasteiger partial charge on any atom is -0.456 e. The van der Waals surface area contributed by atoms with Crippen LogP contribution in [0, 0.1) is 0 Å². The van der Waals surface area contributed by atoms with Gasteiger partial charge in [-0.2, -0.15) is 0 Å². The number of hydrogen-bond donors (Lipinski definition) is 2. The third-order valence-electron chi connectivity index (χ3n) is 16.0. The normalized spacial score (nSPS) is 14.1. The monoisotopic (exact) mass is 1240 g/mol. The molecule has 3 atom stereocenters. The Morgan fingerprint density at radius 2 is 0.736 bits per heavy atom. The third kappa shape index (κ3) is 67.2. The standard InChI is InChI=1S/C77H139N2O7P/c1-7-10-13-16-19-22-25-28-30-32-34-36-37-38-39-40-41-43-44-46-48-51-54-57-60-63-66-69-76(80)78-74(73-85-87(82,83)84-72-71-79(4,5)6)75(68-65-62-59-56-53-50-27-24-21-18-15-12-9-3)86-77(81)70-67-64-61-58-55-52-49-47-45-42-35-33-31-29-26-23-20-17-14-11-8-2/h11,14,20,23,28-31,35,42,47,49,55,58,65,68,74-75H,7-10,12-13,15-19,21-22,24-27,32-34,36-41,43-46,48,50-54,56-57,59-64,66-67,69-73H2,1-6H3,(H-,78,80,82,83)/p+1/b14-11-,23-20-,30-28+,31-29-,42-35-,49-47-,58-55-,68-65-. The molecule has 504 valence electrons. The highest BCUT2D eigenvalue weighted by atomic mass is 31.2. The highest BCUT2D eigenvalue weighted by Crippen LogP contribution is 2.43. The number of esters is 1. The van der Waals surface area contributed by atoms with Crippen LogP contribution in [0.2, 0.25) is 0 Å². The summed E-state index contributed by atoms with van der Waals surface area (Å²) in [6.07, 6.45) is 90.0. The van der Waals surface area contributed by atoms with Gasteiger partial charge < -0.3 is 19.4 Å². The minimum atomic E-state index is -4.47. The van der Waals surface area contributed by atoms with Gasteiger partial charge in [-0.1, -0.05) is 305 Å². The van der Waals surface area contributed by atoms with E-state index in [1.54, 1.807) is 0 Å². The van der Waals surface area contributed by atoms with Gasteiger partial charge in [0.1, 0.15) is 19.3 Å². The maximum absolute atomic E-state index is 13.6. The van der Waals surface area contributed by atoms with Crippen LogP contribution in [0.25, 0.3) is 0 Å². The molecule has 2 N–H and O–H groups in total. The summed E-state index contributed by atoms with van der Waals surface area (Å²) < 4.78 is 30.8. The number of phosphoric acid groups is 1. The van der Waals surface area contributed by atoms with Gasteiger partial charge in [-0.25, -0.2) is 4.57 Å². The lowest BCUT2D eigenvalue weighted by molar-refractivity contribution is -0.870. The predicted molar refractivity (Wildman–Crippen MR) is 378 cm³/mol. The first-order chi connectivity index (χ1) is 42.4. The fourth-order valence-corrected chi connectivity index (χ4v) is 11.1. The van der Waals surface area contributed by atoms with E-state index in [2.05, 4.69) is 111 Å². The minimum absolute atomic E-state index is 0.0303. The number of amides is 1. The number of carbonyl (C=O) groups is 2. The number of nitrogens with one attached hydrogen (secondary N) is 1. The first-order valence-electron chi connectivity index (χ1n) is 36.6. The molecule has 0 rings (SSSR count). The smallest absolute Gasteiger partial charge is 0.456 e. The molecule has 0 saturated heterocycles. The molecular formula is C77H140N2O7P+. The van der Waals surface area contributed by atoms with Gasteiger partial charge in [0.2, 0.25) is 5.91 Å². The number of allylic oxidation sites excluding steroid dienone is 15. The van der Waals surface area contributed by atoms with Crippen LogP contribution in [-0.2, 0) is 27.9 Å². The molecule has 0 aromatic carbocycles. The summed E-state index contributed by atoms with van der Waals surface area (Å²) in [6.45, 7) is 6.90. The quantitative estimate of drug-likeness (QED) is 0.0205. The van der Waals surface area contributed by atoms with Gasteiger partial charge in [0.05, 0.1) is 33.8 Å². The molecule has 0 aromatic rings. The average Bonchev–Trinajstić information content (AvgIpc) is 3.70. The average molecular weight is 1240 g/mol. The maximum Gasteiger partial charge on any atom is 0.472 e. The summed E-state index contributed by atoms with van der Waals surface area (Å²) in [5.41, 5.74) is 0. The number of quaternary nitrogens is 1. The Balaban J connectivity index is 5.11. The summed E-state index contributed by atoms with van der Waals surface area (Å²) in [4.78, 5) is 37.9. The maximum atomic E-state index is 13.6. The zero-order valence-corrected chi connectivity index (χ0v) is 58.6.